The smallest absolute Gasteiger partial charge is 0.356 e. The molecule has 0 saturated carbocycles. The fraction of sp³-hybridized carbons (Fsp3) is 0.300. The van der Waals surface area contributed by atoms with Crippen LogP contribution in [0.4, 0.5) is 0 Å². The SMILES string of the molecule is CCC(=O)c1cccc(C(=O)OC)n1. The largest absolute Gasteiger partial charge is 0.464 e. The molecule has 4 nitrogen and oxygen atoms in total. The maximum Gasteiger partial charge on any atom is 0.356 e. The summed E-state index contributed by atoms with van der Waals surface area (Å²) in [5.41, 5.74) is 0.460. The molecule has 4 heteroatoms. The summed E-state index contributed by atoms with van der Waals surface area (Å²) in [7, 11) is 1.28. The maximum atomic E-state index is 11.3. The van der Waals surface area contributed by atoms with Crippen LogP contribution >= 0.6 is 0 Å². The third-order valence-corrected chi connectivity index (χ3v) is 1.75. The van der Waals surface area contributed by atoms with E-state index in [9.17, 15) is 9.59 Å². The van der Waals surface area contributed by atoms with Crippen molar-refractivity contribution >= 4 is 11.8 Å². The number of ether oxygens (including phenoxy) is 1. The van der Waals surface area contributed by atoms with E-state index in [1.807, 2.05) is 0 Å². The van der Waals surface area contributed by atoms with Gasteiger partial charge >= 0.3 is 5.97 Å². The highest BCUT2D eigenvalue weighted by atomic mass is 16.5. The fourth-order valence-corrected chi connectivity index (χ4v) is 0.989. The normalized spacial score (nSPS) is 9.57. The van der Waals surface area contributed by atoms with E-state index in [1.54, 1.807) is 19.1 Å². The number of pyridine rings is 1. The Hall–Kier alpha value is -1.71. The second kappa shape index (κ2) is 4.50. The molecule has 74 valence electrons. The number of hydrogen-bond donors (Lipinski definition) is 0. The topological polar surface area (TPSA) is 56.3 Å². The summed E-state index contributed by atoms with van der Waals surface area (Å²) in [5.74, 6) is -0.619. The fourth-order valence-electron chi connectivity index (χ4n) is 0.989. The van der Waals surface area contributed by atoms with Gasteiger partial charge in [0, 0.05) is 6.42 Å². The molecule has 0 aromatic carbocycles. The Kier molecular flexibility index (Phi) is 3.34. The van der Waals surface area contributed by atoms with Gasteiger partial charge in [-0.2, -0.15) is 0 Å². The molecule has 0 aliphatic heterocycles. The molecule has 0 bridgehead atoms. The van der Waals surface area contributed by atoms with E-state index in [0.29, 0.717) is 12.1 Å². The monoisotopic (exact) mass is 193 g/mol. The van der Waals surface area contributed by atoms with Crippen LogP contribution in [0.2, 0.25) is 0 Å². The average Bonchev–Trinajstić information content (AvgIpc) is 2.27. The molecular formula is C10H11NO3. The lowest BCUT2D eigenvalue weighted by molar-refractivity contribution is 0.0594. The van der Waals surface area contributed by atoms with E-state index in [0.717, 1.165) is 0 Å². The Bertz CT molecular complexity index is 329. The second-order valence-electron chi connectivity index (χ2n) is 2.68. The van der Waals surface area contributed by atoms with E-state index in [-0.39, 0.29) is 11.5 Å². The molecule has 1 aromatic heterocycles. The zero-order chi connectivity index (χ0) is 10.6. The first-order chi connectivity index (χ1) is 6.69. The lowest BCUT2D eigenvalue weighted by atomic mass is 10.2. The summed E-state index contributed by atoms with van der Waals surface area (Å²) < 4.78 is 4.49. The molecule has 0 radical (unpaired) electrons. The molecular weight excluding hydrogens is 182 g/mol. The van der Waals surface area contributed by atoms with Crippen molar-refractivity contribution in [1.82, 2.24) is 4.98 Å². The minimum Gasteiger partial charge on any atom is -0.464 e. The van der Waals surface area contributed by atoms with Gasteiger partial charge in [-0.05, 0) is 12.1 Å². The molecule has 0 fully saturated rings. The highest BCUT2D eigenvalue weighted by Crippen LogP contribution is 2.03. The molecule has 0 unspecified atom stereocenters. The minimum absolute atomic E-state index is 0.0873. The Morgan fingerprint density at radius 1 is 1.36 bits per heavy atom. The minimum atomic E-state index is -0.532. The Labute approximate surface area is 81.9 Å². The average molecular weight is 193 g/mol. The van der Waals surface area contributed by atoms with Crippen LogP contribution in [0.15, 0.2) is 18.2 Å². The molecule has 1 rings (SSSR count). The first-order valence-electron chi connectivity index (χ1n) is 4.27. The van der Waals surface area contributed by atoms with Crippen LogP contribution in [0.1, 0.15) is 34.3 Å². The van der Waals surface area contributed by atoms with E-state index >= 15 is 0 Å². The summed E-state index contributed by atoms with van der Waals surface area (Å²) in [6, 6.07) is 4.71. The van der Waals surface area contributed by atoms with Crippen molar-refractivity contribution in [3.8, 4) is 0 Å². The standard InChI is InChI=1S/C10H11NO3/c1-3-9(12)7-5-4-6-8(11-7)10(13)14-2/h4-6H,3H2,1-2H3. The van der Waals surface area contributed by atoms with Crippen molar-refractivity contribution < 1.29 is 14.3 Å². The molecule has 0 atom stereocenters. The van der Waals surface area contributed by atoms with E-state index < -0.39 is 5.97 Å². The molecule has 0 aliphatic rings. The highest BCUT2D eigenvalue weighted by molar-refractivity contribution is 5.95. The predicted octanol–water partition coefficient (Wildman–Crippen LogP) is 1.46. The molecule has 0 N–H and O–H groups in total. The predicted molar refractivity (Wildman–Crippen MR) is 50.2 cm³/mol. The molecule has 0 amide bonds. The summed E-state index contributed by atoms with van der Waals surface area (Å²) in [4.78, 5) is 26.2. The van der Waals surface area contributed by atoms with Crippen molar-refractivity contribution in [3.63, 3.8) is 0 Å². The summed E-state index contributed by atoms with van der Waals surface area (Å²) in [5, 5.41) is 0. The number of carbonyl (C=O) groups is 2. The number of hydrogen-bond acceptors (Lipinski definition) is 4. The van der Waals surface area contributed by atoms with Crippen molar-refractivity contribution in [2.24, 2.45) is 0 Å². The number of esters is 1. The molecule has 14 heavy (non-hydrogen) atoms. The molecule has 1 heterocycles. The van der Waals surface area contributed by atoms with Crippen LogP contribution in [-0.4, -0.2) is 23.8 Å². The van der Waals surface area contributed by atoms with Crippen molar-refractivity contribution in [1.29, 1.82) is 0 Å². The van der Waals surface area contributed by atoms with Gasteiger partial charge in [-0.3, -0.25) is 4.79 Å². The van der Waals surface area contributed by atoms with Crippen LogP contribution in [-0.2, 0) is 4.74 Å². The van der Waals surface area contributed by atoms with Gasteiger partial charge in [-0.25, -0.2) is 9.78 Å². The third-order valence-electron chi connectivity index (χ3n) is 1.75. The van der Waals surface area contributed by atoms with E-state index in [4.69, 9.17) is 0 Å². The summed E-state index contributed by atoms with van der Waals surface area (Å²) in [6.45, 7) is 1.74. The quantitative estimate of drug-likeness (QED) is 0.538. The van der Waals surface area contributed by atoms with Crippen molar-refractivity contribution in [3.05, 3.63) is 29.6 Å². The lowest BCUT2D eigenvalue weighted by Gasteiger charge is -2.00. The lowest BCUT2D eigenvalue weighted by Crippen LogP contribution is -2.08. The zero-order valence-corrected chi connectivity index (χ0v) is 8.11. The Morgan fingerprint density at radius 3 is 2.57 bits per heavy atom. The van der Waals surface area contributed by atoms with Gasteiger partial charge in [-0.1, -0.05) is 13.0 Å². The number of ketones is 1. The highest BCUT2D eigenvalue weighted by Gasteiger charge is 2.10. The van der Waals surface area contributed by atoms with Crippen molar-refractivity contribution in [2.75, 3.05) is 7.11 Å². The Morgan fingerprint density at radius 2 is 2.00 bits per heavy atom. The van der Waals surface area contributed by atoms with Gasteiger partial charge in [0.25, 0.3) is 0 Å². The molecule has 0 saturated heterocycles. The van der Waals surface area contributed by atoms with E-state index in [1.165, 1.54) is 13.2 Å². The van der Waals surface area contributed by atoms with Gasteiger partial charge < -0.3 is 4.74 Å². The van der Waals surface area contributed by atoms with Gasteiger partial charge in [0.15, 0.2) is 5.78 Å². The van der Waals surface area contributed by atoms with Crippen LogP contribution < -0.4 is 0 Å². The van der Waals surface area contributed by atoms with Gasteiger partial charge in [-0.15, -0.1) is 0 Å². The van der Waals surface area contributed by atoms with Crippen LogP contribution in [0.3, 0.4) is 0 Å². The summed E-state index contributed by atoms with van der Waals surface area (Å²) in [6.07, 6.45) is 0.373. The first-order valence-corrected chi connectivity index (χ1v) is 4.27. The van der Waals surface area contributed by atoms with Crippen LogP contribution in [0.5, 0.6) is 0 Å². The summed E-state index contributed by atoms with van der Waals surface area (Å²) >= 11 is 0. The number of rotatable bonds is 3. The van der Waals surface area contributed by atoms with Gasteiger partial charge in [0.05, 0.1) is 7.11 Å². The third kappa shape index (κ3) is 2.16. The maximum absolute atomic E-state index is 11.3. The van der Waals surface area contributed by atoms with E-state index in [2.05, 4.69) is 9.72 Å². The van der Waals surface area contributed by atoms with Gasteiger partial charge in [0.1, 0.15) is 11.4 Å². The molecule has 0 aliphatic carbocycles. The zero-order valence-electron chi connectivity index (χ0n) is 8.11. The van der Waals surface area contributed by atoms with Gasteiger partial charge in [0.2, 0.25) is 0 Å². The number of nitrogens with zero attached hydrogens (tertiary/aromatic N) is 1. The number of carbonyl (C=O) groups excluding carboxylic acids is 2. The molecule has 0 spiro atoms. The second-order valence-corrected chi connectivity index (χ2v) is 2.68. The molecule has 1 aromatic rings. The Balaban J connectivity index is 3.01. The number of Topliss-reactive ketones (excluding diaryl/α,β-unsaturated/α-hetero) is 1. The van der Waals surface area contributed by atoms with Crippen LogP contribution in [0.25, 0.3) is 0 Å². The number of aromatic nitrogens is 1. The number of methoxy groups -OCH3 is 1. The first kappa shape index (κ1) is 10.4. The van der Waals surface area contributed by atoms with Crippen LogP contribution in [0, 0.1) is 0 Å². The van der Waals surface area contributed by atoms with Crippen molar-refractivity contribution in [2.45, 2.75) is 13.3 Å².